The minimum atomic E-state index is -0.500. The number of rotatable bonds is 7. The van der Waals surface area contributed by atoms with Crippen LogP contribution in [0, 0.1) is 34.6 Å². The quantitative estimate of drug-likeness (QED) is 0.160. The molecule has 7 heterocycles. The summed E-state index contributed by atoms with van der Waals surface area (Å²) in [5.74, 6) is 2.92. The van der Waals surface area contributed by atoms with Crippen LogP contribution in [0.1, 0.15) is 84.5 Å². The third-order valence-corrected chi connectivity index (χ3v) is 9.87. The van der Waals surface area contributed by atoms with Crippen LogP contribution < -0.4 is 14.9 Å². The molecule has 6 aromatic heterocycles. The second kappa shape index (κ2) is 19.0. The third-order valence-electron chi connectivity index (χ3n) is 9.87. The molecule has 0 aliphatic carbocycles. The van der Waals surface area contributed by atoms with Gasteiger partial charge in [0.05, 0.1) is 24.4 Å². The van der Waals surface area contributed by atoms with Gasteiger partial charge in [0.25, 0.3) is 0 Å². The number of imidazole rings is 2. The second-order valence-electron chi connectivity index (χ2n) is 14.4. The Morgan fingerprint density at radius 2 is 1.04 bits per heavy atom. The van der Waals surface area contributed by atoms with E-state index in [0.717, 1.165) is 79.0 Å². The fourth-order valence-corrected chi connectivity index (χ4v) is 6.12. The van der Waals surface area contributed by atoms with Crippen molar-refractivity contribution in [2.75, 3.05) is 13.2 Å². The van der Waals surface area contributed by atoms with Crippen molar-refractivity contribution < 1.29 is 18.8 Å². The number of aryl methyl sites for hydroxylation is 7. The molecule has 56 heavy (non-hydrogen) atoms. The van der Waals surface area contributed by atoms with Crippen molar-refractivity contribution in [3.05, 3.63) is 64.7 Å². The van der Waals surface area contributed by atoms with E-state index < -0.39 is 18.3 Å². The van der Waals surface area contributed by atoms with Crippen molar-refractivity contribution in [3.63, 3.8) is 0 Å². The number of aromatic nitrogens is 8. The van der Waals surface area contributed by atoms with Crippen molar-refractivity contribution >= 4 is 82.7 Å². The molecule has 0 N–H and O–H groups in total. The van der Waals surface area contributed by atoms with Gasteiger partial charge in [0.1, 0.15) is 33.9 Å². The van der Waals surface area contributed by atoms with Crippen molar-refractivity contribution in [2.24, 2.45) is 14.1 Å². The molecular weight excluding hydrogens is 917 g/mol. The third kappa shape index (κ3) is 9.36. The van der Waals surface area contributed by atoms with Crippen LogP contribution >= 0.6 is 0 Å². The van der Waals surface area contributed by atoms with Crippen LogP contribution in [0.3, 0.4) is 0 Å². The zero-order chi connectivity index (χ0) is 37.7. The van der Waals surface area contributed by atoms with Crippen molar-refractivity contribution in [1.29, 1.82) is 0 Å². The summed E-state index contributed by atoms with van der Waals surface area (Å²) in [7, 11) is 3.40. The van der Waals surface area contributed by atoms with E-state index in [2.05, 4.69) is 9.97 Å². The molecule has 0 amide bonds. The average molecular weight is 976 g/mol. The van der Waals surface area contributed by atoms with Crippen LogP contribution in [0.2, 0.25) is 0 Å². The number of fused-ring (bicyclic) bond motifs is 2. The second-order valence-corrected chi connectivity index (χ2v) is 14.4. The van der Waals surface area contributed by atoms with Crippen LogP contribution in [0.5, 0.6) is 11.5 Å². The van der Waals surface area contributed by atoms with E-state index in [-0.39, 0.29) is 62.7 Å². The molecule has 1 aliphatic heterocycles. The topological polar surface area (TPSA) is 124 Å². The number of pyridine rings is 4. The molecule has 0 atom stereocenters. The Bertz CT molecular complexity index is 2290. The molecular formula is C41H59BN8O4Sn2. The van der Waals surface area contributed by atoms with Gasteiger partial charge in [0, 0.05) is 43.3 Å². The molecule has 7 rings (SSSR count). The SMILES string of the molecule is C.C.CCOc1cc(B2OC(C)(C)C(C)(C)O2)c(C)nc1-c1nc2cc(C)cnc2n1C.CCOc1cc(C)c(C)nc1-c1nc2cc(C)cnc2n1C.[SnH].[SnH]. The Balaban J connectivity index is 0.000000375. The molecule has 0 bridgehead atoms. The van der Waals surface area contributed by atoms with Gasteiger partial charge in [-0.2, -0.15) is 0 Å². The van der Waals surface area contributed by atoms with Crippen molar-refractivity contribution in [2.45, 2.75) is 102 Å². The summed E-state index contributed by atoms with van der Waals surface area (Å²) in [6.07, 6.45) is 3.70. The van der Waals surface area contributed by atoms with Crippen LogP contribution in [-0.2, 0) is 23.4 Å². The van der Waals surface area contributed by atoms with E-state index in [1.165, 1.54) is 0 Å². The van der Waals surface area contributed by atoms with Gasteiger partial charge in [0.15, 0.2) is 22.9 Å². The van der Waals surface area contributed by atoms with E-state index in [1.54, 1.807) is 0 Å². The normalized spacial score (nSPS) is 13.8. The summed E-state index contributed by atoms with van der Waals surface area (Å²) in [4.78, 5) is 28.1. The predicted molar refractivity (Wildman–Crippen MR) is 233 cm³/mol. The van der Waals surface area contributed by atoms with Gasteiger partial charge in [-0.15, -0.1) is 0 Å². The van der Waals surface area contributed by atoms with E-state index in [0.29, 0.717) is 24.7 Å². The van der Waals surface area contributed by atoms with Crippen LogP contribution in [-0.4, -0.2) is 118 Å². The van der Waals surface area contributed by atoms with Crippen molar-refractivity contribution in [1.82, 2.24) is 39.0 Å². The van der Waals surface area contributed by atoms with Gasteiger partial charge < -0.3 is 27.9 Å². The van der Waals surface area contributed by atoms with E-state index in [4.69, 9.17) is 38.7 Å². The zero-order valence-electron chi connectivity index (χ0n) is 33.8. The summed E-state index contributed by atoms with van der Waals surface area (Å²) in [6.45, 7) is 23.2. The Kier molecular flexibility index (Phi) is 16.6. The average Bonchev–Trinajstić information content (AvgIpc) is 3.65. The molecule has 12 nitrogen and oxygen atoms in total. The first-order chi connectivity index (χ1) is 24.5. The number of hydrogen-bond acceptors (Lipinski definition) is 10. The molecule has 1 saturated heterocycles. The molecule has 0 saturated carbocycles. The van der Waals surface area contributed by atoms with E-state index in [1.807, 2.05) is 136 Å². The molecule has 0 spiro atoms. The van der Waals surface area contributed by atoms with Gasteiger partial charge >= 0.3 is 54.9 Å². The van der Waals surface area contributed by atoms with Crippen LogP contribution in [0.4, 0.5) is 0 Å². The molecule has 6 aromatic rings. The molecule has 0 aromatic carbocycles. The number of hydrogen-bond donors (Lipinski definition) is 0. The van der Waals surface area contributed by atoms with Gasteiger partial charge in [-0.05, 0) is 117 Å². The predicted octanol–water partition coefficient (Wildman–Crippen LogP) is 6.67. The summed E-state index contributed by atoms with van der Waals surface area (Å²) in [5.41, 5.74) is 9.93. The summed E-state index contributed by atoms with van der Waals surface area (Å²) in [5, 5.41) is 0. The van der Waals surface area contributed by atoms with Crippen LogP contribution in [0.15, 0.2) is 36.7 Å². The Morgan fingerprint density at radius 1 is 0.625 bits per heavy atom. The number of ether oxygens (including phenoxy) is 2. The number of nitrogens with zero attached hydrogens (tertiary/aromatic N) is 8. The summed E-state index contributed by atoms with van der Waals surface area (Å²) in [6, 6.07) is 8.06. The standard InChI is InChI=1S/C22H29BN4O3.C17H20N4O.2CH4.2Sn.2H/c1-9-28-17-11-15(23-29-21(4,5)22(6,7)30-23)14(3)25-18(17)20-26-16-10-13(2)12-24-19(16)27(20)8;1-6-22-14-8-11(3)12(4)19-15(14)17-20-13-7-10(2)9-18-16(13)21(17)5;;;;;;/h10-12H,9H2,1-8H3;7-9H,6H2,1-5H3;2*1H4;;;;. The molecule has 15 heteroatoms. The van der Waals surface area contributed by atoms with Gasteiger partial charge in [0.2, 0.25) is 0 Å². The Hall–Kier alpha value is -3.28. The maximum atomic E-state index is 6.25. The Morgan fingerprint density at radius 3 is 1.46 bits per heavy atom. The molecule has 6 radical (unpaired) electrons. The van der Waals surface area contributed by atoms with Gasteiger partial charge in [-0.3, -0.25) is 0 Å². The van der Waals surface area contributed by atoms with E-state index >= 15 is 0 Å². The van der Waals surface area contributed by atoms with Gasteiger partial charge in [-0.1, -0.05) is 14.9 Å². The molecule has 298 valence electrons. The maximum absolute atomic E-state index is 6.25. The Labute approximate surface area is 367 Å². The fraction of sp³-hybridized carbons (Fsp3) is 0.463. The molecule has 1 aliphatic rings. The zero-order valence-corrected chi connectivity index (χ0v) is 40.4. The monoisotopic (exact) mass is 978 g/mol. The summed E-state index contributed by atoms with van der Waals surface area (Å²) < 4.78 is 28.2. The first-order valence-corrected chi connectivity index (χ1v) is 17.7. The van der Waals surface area contributed by atoms with Crippen molar-refractivity contribution in [3.8, 4) is 34.5 Å². The summed E-state index contributed by atoms with van der Waals surface area (Å²) >= 11 is 0. The molecule has 0 unspecified atom stereocenters. The fourth-order valence-electron chi connectivity index (χ4n) is 6.12. The first-order valence-electron chi connectivity index (χ1n) is 17.7. The van der Waals surface area contributed by atoms with E-state index in [9.17, 15) is 0 Å². The minimum absolute atomic E-state index is 0. The van der Waals surface area contributed by atoms with Crippen LogP contribution in [0.25, 0.3) is 45.4 Å². The van der Waals surface area contributed by atoms with Gasteiger partial charge in [-0.25, -0.2) is 29.9 Å². The first kappa shape index (κ1) is 48.9. The molecule has 1 fully saturated rings.